The molecule has 3 aromatic rings. The number of aliphatic imine (C=N–C) groups is 1. The van der Waals surface area contributed by atoms with Gasteiger partial charge in [0.25, 0.3) is 0 Å². The molecule has 152 valence electrons. The van der Waals surface area contributed by atoms with E-state index in [0.29, 0.717) is 6.54 Å². The van der Waals surface area contributed by atoms with Crippen LogP contribution in [0.2, 0.25) is 0 Å². The van der Waals surface area contributed by atoms with E-state index in [0.717, 1.165) is 46.3 Å². The lowest BCUT2D eigenvalue weighted by Gasteiger charge is -2.29. The Kier molecular flexibility index (Phi) is 6.34. The molecule has 0 N–H and O–H groups in total. The van der Waals surface area contributed by atoms with Crippen LogP contribution >= 0.6 is 11.8 Å². The van der Waals surface area contributed by atoms with E-state index in [-0.39, 0.29) is 5.78 Å². The summed E-state index contributed by atoms with van der Waals surface area (Å²) >= 11 is 1.74. The van der Waals surface area contributed by atoms with Crippen LogP contribution in [0.4, 0.5) is 5.69 Å². The molecule has 0 aromatic heterocycles. The van der Waals surface area contributed by atoms with Gasteiger partial charge in [-0.05, 0) is 48.6 Å². The molecule has 3 nitrogen and oxygen atoms in total. The molecule has 0 saturated heterocycles. The van der Waals surface area contributed by atoms with Crippen molar-refractivity contribution in [2.45, 2.75) is 20.3 Å². The van der Waals surface area contributed by atoms with Crippen molar-refractivity contribution >= 4 is 28.4 Å². The fourth-order valence-electron chi connectivity index (χ4n) is 3.61. The van der Waals surface area contributed by atoms with Crippen molar-refractivity contribution in [1.29, 1.82) is 0 Å². The summed E-state index contributed by atoms with van der Waals surface area (Å²) in [5.41, 5.74) is 6.48. The fraction of sp³-hybridized carbons (Fsp3) is 0.231. The van der Waals surface area contributed by atoms with E-state index in [1.54, 1.807) is 11.8 Å². The summed E-state index contributed by atoms with van der Waals surface area (Å²) in [5, 5.41) is 0.948. The van der Waals surface area contributed by atoms with Gasteiger partial charge in [-0.1, -0.05) is 78.5 Å². The van der Waals surface area contributed by atoms with Crippen molar-refractivity contribution in [1.82, 2.24) is 0 Å². The number of anilines is 1. The normalized spacial score (nSPS) is 13.6. The molecule has 1 aliphatic rings. The average Bonchev–Trinajstić information content (AvgIpc) is 2.81. The van der Waals surface area contributed by atoms with Gasteiger partial charge in [0, 0.05) is 23.5 Å². The summed E-state index contributed by atoms with van der Waals surface area (Å²) in [6.45, 7) is 5.34. The van der Waals surface area contributed by atoms with E-state index >= 15 is 0 Å². The average molecular weight is 415 g/mol. The van der Waals surface area contributed by atoms with Crippen LogP contribution in [0, 0.1) is 13.8 Å². The van der Waals surface area contributed by atoms with E-state index < -0.39 is 0 Å². The third-order valence-corrected chi connectivity index (χ3v) is 6.59. The van der Waals surface area contributed by atoms with Crippen LogP contribution in [-0.2, 0) is 0 Å². The van der Waals surface area contributed by atoms with Crippen LogP contribution in [0.5, 0.6) is 0 Å². The first kappa shape index (κ1) is 20.4. The van der Waals surface area contributed by atoms with Crippen molar-refractivity contribution in [2.75, 3.05) is 23.7 Å². The van der Waals surface area contributed by atoms with Crippen LogP contribution < -0.4 is 4.90 Å². The number of carbonyl (C=O) groups is 1. The monoisotopic (exact) mass is 414 g/mol. The number of aryl methyl sites for hydroxylation is 1. The van der Waals surface area contributed by atoms with Crippen LogP contribution in [0.1, 0.15) is 27.9 Å². The lowest BCUT2D eigenvalue weighted by Crippen LogP contribution is -2.36. The summed E-state index contributed by atoms with van der Waals surface area (Å²) in [6.07, 6.45) is 1.09. The zero-order chi connectivity index (χ0) is 20.9. The highest BCUT2D eigenvalue weighted by molar-refractivity contribution is 8.14. The molecular weight excluding hydrogens is 388 g/mol. The maximum atomic E-state index is 13.2. The standard InChI is InChI=1S/C26H26N2OS/c1-19-8-6-11-24(20(19)2)28(26-27-16-7-17-30-26)18-25(29)23-14-12-22(13-15-23)21-9-4-3-5-10-21/h3-6,8-15H,7,16-18H2,1-2H3. The number of ketones is 1. The van der Waals surface area contributed by atoms with E-state index in [4.69, 9.17) is 4.99 Å². The first-order valence-corrected chi connectivity index (χ1v) is 11.3. The number of thioether (sulfide) groups is 1. The number of Topliss-reactive ketones (excluding diaryl/α,β-unsaturated/α-hetero) is 1. The number of hydrogen-bond acceptors (Lipinski definition) is 4. The minimum atomic E-state index is 0.101. The Morgan fingerprint density at radius 3 is 2.37 bits per heavy atom. The van der Waals surface area contributed by atoms with E-state index in [1.807, 2.05) is 42.5 Å². The number of benzene rings is 3. The topological polar surface area (TPSA) is 32.7 Å². The van der Waals surface area contributed by atoms with Gasteiger partial charge in [-0.2, -0.15) is 0 Å². The maximum Gasteiger partial charge on any atom is 0.182 e. The van der Waals surface area contributed by atoms with E-state index in [9.17, 15) is 4.79 Å². The van der Waals surface area contributed by atoms with E-state index in [2.05, 4.69) is 49.1 Å². The third-order valence-electron chi connectivity index (χ3n) is 5.49. The first-order chi connectivity index (χ1) is 14.6. The van der Waals surface area contributed by atoms with Gasteiger partial charge in [-0.15, -0.1) is 0 Å². The van der Waals surface area contributed by atoms with Gasteiger partial charge >= 0.3 is 0 Å². The summed E-state index contributed by atoms with van der Waals surface area (Å²) < 4.78 is 0. The largest absolute Gasteiger partial charge is 0.313 e. The molecule has 4 heteroatoms. The van der Waals surface area contributed by atoms with Gasteiger partial charge in [0.15, 0.2) is 11.0 Å². The number of rotatable bonds is 5. The van der Waals surface area contributed by atoms with Gasteiger partial charge in [-0.3, -0.25) is 9.79 Å². The lowest BCUT2D eigenvalue weighted by atomic mass is 10.0. The van der Waals surface area contributed by atoms with Gasteiger partial charge in [0.1, 0.15) is 0 Å². The Bertz CT molecular complexity index is 1060. The second-order valence-electron chi connectivity index (χ2n) is 7.54. The molecule has 3 aromatic carbocycles. The third kappa shape index (κ3) is 4.49. The highest BCUT2D eigenvalue weighted by Crippen LogP contribution is 2.28. The quantitative estimate of drug-likeness (QED) is 0.469. The fourth-order valence-corrected chi connectivity index (χ4v) is 4.57. The van der Waals surface area contributed by atoms with Crippen LogP contribution in [0.25, 0.3) is 11.1 Å². The molecular formula is C26H26N2OS. The van der Waals surface area contributed by atoms with Gasteiger partial charge in [0.05, 0.1) is 6.54 Å². The maximum absolute atomic E-state index is 13.2. The summed E-state index contributed by atoms with van der Waals surface area (Å²) in [6, 6.07) is 24.4. The molecule has 30 heavy (non-hydrogen) atoms. The first-order valence-electron chi connectivity index (χ1n) is 10.3. The zero-order valence-corrected chi connectivity index (χ0v) is 18.3. The Hall–Kier alpha value is -2.85. The SMILES string of the molecule is Cc1cccc(N(CC(=O)c2ccc(-c3ccccc3)cc2)C2=NCCCS2)c1C. The minimum absolute atomic E-state index is 0.101. The smallest absolute Gasteiger partial charge is 0.182 e. The minimum Gasteiger partial charge on any atom is -0.313 e. The highest BCUT2D eigenvalue weighted by atomic mass is 32.2. The number of nitrogens with zero attached hydrogens (tertiary/aromatic N) is 2. The molecule has 0 unspecified atom stereocenters. The van der Waals surface area contributed by atoms with Gasteiger partial charge in [-0.25, -0.2) is 0 Å². The molecule has 0 aliphatic carbocycles. The number of amidine groups is 1. The number of carbonyl (C=O) groups excluding carboxylic acids is 1. The van der Waals surface area contributed by atoms with Gasteiger partial charge in [0.2, 0.25) is 0 Å². The summed E-state index contributed by atoms with van der Waals surface area (Å²) in [7, 11) is 0. The lowest BCUT2D eigenvalue weighted by molar-refractivity contribution is 0.100. The van der Waals surface area contributed by atoms with Crippen molar-refractivity contribution in [3.8, 4) is 11.1 Å². The Morgan fingerprint density at radius 1 is 0.933 bits per heavy atom. The highest BCUT2D eigenvalue weighted by Gasteiger charge is 2.22. The zero-order valence-electron chi connectivity index (χ0n) is 17.5. The Labute approximate surface area is 182 Å². The molecule has 0 spiro atoms. The Balaban J connectivity index is 1.60. The van der Waals surface area contributed by atoms with Crippen LogP contribution in [-0.4, -0.2) is 29.8 Å². The molecule has 0 radical (unpaired) electrons. The van der Waals surface area contributed by atoms with Crippen LogP contribution in [0.15, 0.2) is 77.8 Å². The molecule has 0 amide bonds. The van der Waals surface area contributed by atoms with Crippen molar-refractivity contribution < 1.29 is 4.79 Å². The molecule has 4 rings (SSSR count). The van der Waals surface area contributed by atoms with Crippen molar-refractivity contribution in [3.05, 3.63) is 89.5 Å². The molecule has 0 atom stereocenters. The summed E-state index contributed by atoms with van der Waals surface area (Å²) in [4.78, 5) is 20.0. The second kappa shape index (κ2) is 9.31. The molecule has 0 saturated carbocycles. The number of hydrogen-bond donors (Lipinski definition) is 0. The predicted molar refractivity (Wildman–Crippen MR) is 129 cm³/mol. The Morgan fingerprint density at radius 2 is 1.67 bits per heavy atom. The molecule has 0 fully saturated rings. The summed E-state index contributed by atoms with van der Waals surface area (Å²) in [5.74, 6) is 1.14. The van der Waals surface area contributed by atoms with Crippen LogP contribution in [0.3, 0.4) is 0 Å². The van der Waals surface area contributed by atoms with E-state index in [1.165, 1.54) is 11.1 Å². The molecule has 0 bridgehead atoms. The molecule has 1 heterocycles. The van der Waals surface area contributed by atoms with Crippen molar-refractivity contribution in [2.24, 2.45) is 4.99 Å². The molecule has 1 aliphatic heterocycles. The van der Waals surface area contributed by atoms with Crippen molar-refractivity contribution in [3.63, 3.8) is 0 Å². The predicted octanol–water partition coefficient (Wildman–Crippen LogP) is 6.15. The second-order valence-corrected chi connectivity index (χ2v) is 8.60. The van der Waals surface area contributed by atoms with Gasteiger partial charge < -0.3 is 4.90 Å².